The molecule has 0 atom stereocenters. The predicted molar refractivity (Wildman–Crippen MR) is 67.4 cm³/mol. The van der Waals surface area contributed by atoms with Crippen LogP contribution in [0.4, 0.5) is 5.69 Å². The summed E-state index contributed by atoms with van der Waals surface area (Å²) in [5.74, 6) is -0.471. The zero-order valence-electron chi connectivity index (χ0n) is 10.3. The molecule has 0 unspecified atom stereocenters. The van der Waals surface area contributed by atoms with Crippen molar-refractivity contribution >= 4 is 21.7 Å². The molecule has 0 fully saturated rings. The number of sulfonamides is 1. The second-order valence-electron chi connectivity index (χ2n) is 3.74. The molecule has 3 N–H and O–H groups in total. The van der Waals surface area contributed by atoms with E-state index in [-0.39, 0.29) is 17.9 Å². The third-order valence-corrected chi connectivity index (χ3v) is 3.87. The summed E-state index contributed by atoms with van der Waals surface area (Å²) < 4.78 is 30.4. The van der Waals surface area contributed by atoms with E-state index in [9.17, 15) is 13.2 Å². The smallest absolute Gasteiger partial charge is 0.306 e. The van der Waals surface area contributed by atoms with Crippen molar-refractivity contribution in [2.24, 2.45) is 0 Å². The lowest BCUT2D eigenvalue weighted by Gasteiger charge is -2.08. The zero-order valence-corrected chi connectivity index (χ0v) is 11.1. The summed E-state index contributed by atoms with van der Waals surface area (Å²) in [5.41, 5.74) is 6.87. The monoisotopic (exact) mass is 272 g/mol. The number of carbonyl (C=O) groups is 1. The first-order valence-corrected chi connectivity index (χ1v) is 6.78. The number of anilines is 1. The van der Waals surface area contributed by atoms with Crippen molar-refractivity contribution in [2.75, 3.05) is 19.4 Å². The number of methoxy groups -OCH3 is 1. The van der Waals surface area contributed by atoms with E-state index in [2.05, 4.69) is 9.46 Å². The van der Waals surface area contributed by atoms with Crippen LogP contribution in [0.15, 0.2) is 23.1 Å². The van der Waals surface area contributed by atoms with E-state index in [4.69, 9.17) is 5.73 Å². The van der Waals surface area contributed by atoms with Gasteiger partial charge in [0.05, 0.1) is 18.4 Å². The van der Waals surface area contributed by atoms with Crippen LogP contribution < -0.4 is 10.5 Å². The molecule has 0 bridgehead atoms. The summed E-state index contributed by atoms with van der Waals surface area (Å²) in [5, 5.41) is 0. The molecule has 0 radical (unpaired) electrons. The van der Waals surface area contributed by atoms with Gasteiger partial charge < -0.3 is 10.5 Å². The van der Waals surface area contributed by atoms with E-state index >= 15 is 0 Å². The second-order valence-corrected chi connectivity index (χ2v) is 5.51. The van der Waals surface area contributed by atoms with E-state index < -0.39 is 16.0 Å². The highest BCUT2D eigenvalue weighted by atomic mass is 32.2. The van der Waals surface area contributed by atoms with Gasteiger partial charge in [-0.1, -0.05) is 6.07 Å². The van der Waals surface area contributed by atoms with Crippen LogP contribution in [0.1, 0.15) is 12.0 Å². The second kappa shape index (κ2) is 5.83. The minimum Gasteiger partial charge on any atom is -0.469 e. The van der Waals surface area contributed by atoms with Crippen molar-refractivity contribution in [1.82, 2.24) is 4.72 Å². The van der Waals surface area contributed by atoms with Gasteiger partial charge in [0, 0.05) is 12.2 Å². The Labute approximate surface area is 106 Å². The van der Waals surface area contributed by atoms with Gasteiger partial charge in [-0.3, -0.25) is 4.79 Å². The highest BCUT2D eigenvalue weighted by Gasteiger charge is 2.14. The molecule has 0 aliphatic rings. The van der Waals surface area contributed by atoms with Crippen molar-refractivity contribution in [3.8, 4) is 0 Å². The molecular weight excluding hydrogens is 256 g/mol. The lowest BCUT2D eigenvalue weighted by Crippen LogP contribution is -2.26. The summed E-state index contributed by atoms with van der Waals surface area (Å²) >= 11 is 0. The summed E-state index contributed by atoms with van der Waals surface area (Å²) in [6.45, 7) is 1.78. The molecule has 1 aromatic rings. The fourth-order valence-corrected chi connectivity index (χ4v) is 2.33. The molecule has 1 aromatic carbocycles. The molecule has 0 saturated heterocycles. The molecule has 6 nitrogen and oxygen atoms in total. The van der Waals surface area contributed by atoms with Crippen LogP contribution >= 0.6 is 0 Å². The molecule has 0 saturated carbocycles. The summed E-state index contributed by atoms with van der Waals surface area (Å²) in [7, 11) is -2.39. The first-order chi connectivity index (χ1) is 8.36. The molecule has 0 aliphatic carbocycles. The number of benzene rings is 1. The van der Waals surface area contributed by atoms with E-state index in [0.29, 0.717) is 5.69 Å². The minimum absolute atomic E-state index is 0.0111. The molecule has 100 valence electrons. The van der Waals surface area contributed by atoms with Crippen LogP contribution in [-0.2, 0) is 19.6 Å². The number of hydrogen-bond donors (Lipinski definition) is 2. The molecule has 1 rings (SSSR count). The topological polar surface area (TPSA) is 98.5 Å². The Balaban J connectivity index is 2.74. The maximum atomic E-state index is 11.8. The average molecular weight is 272 g/mol. The van der Waals surface area contributed by atoms with Crippen molar-refractivity contribution in [3.05, 3.63) is 23.8 Å². The Kier molecular flexibility index (Phi) is 4.69. The molecule has 7 heteroatoms. The highest BCUT2D eigenvalue weighted by molar-refractivity contribution is 7.89. The third-order valence-electron chi connectivity index (χ3n) is 2.41. The number of hydrogen-bond acceptors (Lipinski definition) is 5. The van der Waals surface area contributed by atoms with Gasteiger partial charge in [0.25, 0.3) is 0 Å². The zero-order chi connectivity index (χ0) is 13.8. The quantitative estimate of drug-likeness (QED) is 0.598. The van der Waals surface area contributed by atoms with Gasteiger partial charge in [-0.2, -0.15) is 0 Å². The van der Waals surface area contributed by atoms with Crippen molar-refractivity contribution in [3.63, 3.8) is 0 Å². The molecule has 0 amide bonds. The largest absolute Gasteiger partial charge is 0.469 e. The van der Waals surface area contributed by atoms with Crippen molar-refractivity contribution < 1.29 is 17.9 Å². The van der Waals surface area contributed by atoms with Crippen LogP contribution in [0, 0.1) is 6.92 Å². The lowest BCUT2D eigenvalue weighted by atomic mass is 10.2. The molecule has 18 heavy (non-hydrogen) atoms. The van der Waals surface area contributed by atoms with Crippen LogP contribution in [0.3, 0.4) is 0 Å². The highest BCUT2D eigenvalue weighted by Crippen LogP contribution is 2.16. The van der Waals surface area contributed by atoms with Crippen LogP contribution in [-0.4, -0.2) is 28.0 Å². The molecule has 0 heterocycles. The normalized spacial score (nSPS) is 11.2. The van der Waals surface area contributed by atoms with Gasteiger partial charge in [-0.25, -0.2) is 13.1 Å². The Bertz CT molecular complexity index is 540. The van der Waals surface area contributed by atoms with E-state index in [1.165, 1.54) is 19.2 Å². The van der Waals surface area contributed by atoms with Gasteiger partial charge in [-0.15, -0.1) is 0 Å². The van der Waals surface area contributed by atoms with Gasteiger partial charge in [0.15, 0.2) is 0 Å². The minimum atomic E-state index is -3.64. The molecule has 0 aliphatic heterocycles. The molecule has 0 spiro atoms. The number of nitrogens with two attached hydrogens (primary N) is 1. The number of ether oxygens (including phenoxy) is 1. The number of carbonyl (C=O) groups excluding carboxylic acids is 1. The standard InChI is InChI=1S/C11H16N2O4S/c1-8-3-4-9(7-10(8)12)18(15,16)13-6-5-11(14)17-2/h3-4,7,13H,5-6,12H2,1-2H3. The van der Waals surface area contributed by atoms with Crippen LogP contribution in [0.2, 0.25) is 0 Å². The van der Waals surface area contributed by atoms with Gasteiger partial charge in [0.2, 0.25) is 10.0 Å². The summed E-state index contributed by atoms with van der Waals surface area (Å²) in [4.78, 5) is 10.9. The fraction of sp³-hybridized carbons (Fsp3) is 0.364. The predicted octanol–water partition coefficient (Wildman–Crippen LogP) is 0.419. The van der Waals surface area contributed by atoms with E-state index in [0.717, 1.165) is 5.56 Å². The maximum absolute atomic E-state index is 11.8. The first-order valence-electron chi connectivity index (χ1n) is 5.29. The summed E-state index contributed by atoms with van der Waals surface area (Å²) in [6, 6.07) is 4.48. The first kappa shape index (κ1) is 14.5. The number of esters is 1. The number of rotatable bonds is 5. The third kappa shape index (κ3) is 3.71. The molecular formula is C11H16N2O4S. The van der Waals surface area contributed by atoms with Crippen LogP contribution in [0.5, 0.6) is 0 Å². The lowest BCUT2D eigenvalue weighted by molar-refractivity contribution is -0.140. The SMILES string of the molecule is COC(=O)CCNS(=O)(=O)c1ccc(C)c(N)c1. The Hall–Kier alpha value is -1.60. The van der Waals surface area contributed by atoms with Crippen molar-refractivity contribution in [1.29, 1.82) is 0 Å². The Morgan fingerprint density at radius 2 is 2.11 bits per heavy atom. The number of nitrogen functional groups attached to an aromatic ring is 1. The van der Waals surface area contributed by atoms with Gasteiger partial charge in [0.1, 0.15) is 0 Å². The summed E-state index contributed by atoms with van der Waals surface area (Å²) in [6.07, 6.45) is -0.0168. The van der Waals surface area contributed by atoms with Crippen molar-refractivity contribution in [2.45, 2.75) is 18.2 Å². The van der Waals surface area contributed by atoms with Gasteiger partial charge in [-0.05, 0) is 24.6 Å². The Morgan fingerprint density at radius 1 is 1.44 bits per heavy atom. The molecule has 0 aromatic heterocycles. The fourth-order valence-electron chi connectivity index (χ4n) is 1.26. The average Bonchev–Trinajstić information content (AvgIpc) is 2.32. The van der Waals surface area contributed by atoms with E-state index in [1.54, 1.807) is 13.0 Å². The number of aryl methyl sites for hydroxylation is 1. The number of nitrogens with one attached hydrogen (secondary N) is 1. The maximum Gasteiger partial charge on any atom is 0.306 e. The Morgan fingerprint density at radius 3 is 2.67 bits per heavy atom. The van der Waals surface area contributed by atoms with Gasteiger partial charge >= 0.3 is 5.97 Å². The van der Waals surface area contributed by atoms with E-state index in [1.807, 2.05) is 0 Å². The van der Waals surface area contributed by atoms with Crippen LogP contribution in [0.25, 0.3) is 0 Å².